The fraction of sp³-hybridized carbons (Fsp3) is 0.500. The summed E-state index contributed by atoms with van der Waals surface area (Å²) in [5, 5.41) is 3.22. The van der Waals surface area contributed by atoms with Crippen molar-refractivity contribution in [1.82, 2.24) is 15.3 Å². The maximum atomic E-state index is 5.25. The summed E-state index contributed by atoms with van der Waals surface area (Å²) in [5.74, 6) is 0. The third kappa shape index (κ3) is 0.790. The molecule has 0 aromatic carbocycles. The number of rotatable bonds is 0. The van der Waals surface area contributed by atoms with Gasteiger partial charge in [0, 0.05) is 13.1 Å². The first-order chi connectivity index (χ1) is 5.93. The number of fused-ring (bicyclic) bond motifs is 2. The molecule has 0 aliphatic carbocycles. The Kier molecular flexibility index (Phi) is 1.22. The van der Waals surface area contributed by atoms with E-state index in [-0.39, 0.29) is 0 Å². The van der Waals surface area contributed by atoms with Crippen LogP contribution in [0.5, 0.6) is 0 Å². The zero-order valence-electron chi connectivity index (χ0n) is 6.63. The molecule has 3 heterocycles. The lowest BCUT2D eigenvalue weighted by molar-refractivity contribution is 0.132. The highest BCUT2D eigenvalue weighted by Gasteiger charge is 2.20. The van der Waals surface area contributed by atoms with Crippen LogP contribution in [0, 0.1) is 0 Å². The number of nitrogens with one attached hydrogen (secondary N) is 1. The van der Waals surface area contributed by atoms with Crippen molar-refractivity contribution < 1.29 is 4.74 Å². The molecule has 62 valence electrons. The average molecular weight is 163 g/mol. The summed E-state index contributed by atoms with van der Waals surface area (Å²) >= 11 is 0. The van der Waals surface area contributed by atoms with Gasteiger partial charge in [0.15, 0.2) is 0 Å². The minimum atomic E-state index is 0.635. The van der Waals surface area contributed by atoms with E-state index in [0.717, 1.165) is 35.9 Å². The number of hydrogen-bond acceptors (Lipinski definition) is 4. The average Bonchev–Trinajstić information content (AvgIpc) is 2.64. The number of aromatic nitrogens is 2. The molecule has 2 aliphatic heterocycles. The second-order valence-electron chi connectivity index (χ2n) is 3.11. The summed E-state index contributed by atoms with van der Waals surface area (Å²) in [5.41, 5.74) is 4.24. The van der Waals surface area contributed by atoms with E-state index in [9.17, 15) is 0 Å². The molecule has 1 aromatic heterocycles. The maximum Gasteiger partial charge on any atom is 0.0912 e. The number of ether oxygens (including phenoxy) is 1. The van der Waals surface area contributed by atoms with Crippen molar-refractivity contribution in [1.29, 1.82) is 0 Å². The van der Waals surface area contributed by atoms with Crippen molar-refractivity contribution in [3.05, 3.63) is 22.8 Å². The van der Waals surface area contributed by atoms with Crippen molar-refractivity contribution in [2.24, 2.45) is 0 Å². The SMILES string of the molecule is C1NCc2nc3c(nc21)COC3. The molecule has 0 fully saturated rings. The fourth-order valence-corrected chi connectivity index (χ4v) is 1.64. The molecule has 0 saturated heterocycles. The van der Waals surface area contributed by atoms with E-state index in [4.69, 9.17) is 4.74 Å². The van der Waals surface area contributed by atoms with Crippen LogP contribution in [0.1, 0.15) is 22.8 Å². The van der Waals surface area contributed by atoms with Gasteiger partial charge in [-0.3, -0.25) is 9.97 Å². The molecular weight excluding hydrogens is 154 g/mol. The van der Waals surface area contributed by atoms with Gasteiger partial charge >= 0.3 is 0 Å². The zero-order chi connectivity index (χ0) is 7.97. The molecule has 1 N–H and O–H groups in total. The summed E-state index contributed by atoms with van der Waals surface area (Å²) < 4.78 is 5.25. The van der Waals surface area contributed by atoms with Crippen molar-refractivity contribution in [3.8, 4) is 0 Å². The topological polar surface area (TPSA) is 47.0 Å². The number of nitrogens with zero attached hydrogens (tertiary/aromatic N) is 2. The monoisotopic (exact) mass is 163 g/mol. The summed E-state index contributed by atoms with van der Waals surface area (Å²) in [6, 6.07) is 0. The van der Waals surface area contributed by atoms with E-state index in [0.29, 0.717) is 13.2 Å². The quantitative estimate of drug-likeness (QED) is 0.589. The van der Waals surface area contributed by atoms with Gasteiger partial charge in [-0.2, -0.15) is 0 Å². The van der Waals surface area contributed by atoms with Crippen LogP contribution in [0.15, 0.2) is 0 Å². The predicted molar refractivity (Wildman–Crippen MR) is 41.1 cm³/mol. The molecule has 1 aromatic rings. The Morgan fingerprint density at radius 3 is 2.08 bits per heavy atom. The summed E-state index contributed by atoms with van der Waals surface area (Å²) in [6.07, 6.45) is 0. The van der Waals surface area contributed by atoms with Gasteiger partial charge in [-0.1, -0.05) is 0 Å². The second kappa shape index (κ2) is 2.24. The first-order valence-corrected chi connectivity index (χ1v) is 4.09. The van der Waals surface area contributed by atoms with Crippen LogP contribution in [-0.2, 0) is 31.0 Å². The molecule has 0 atom stereocenters. The van der Waals surface area contributed by atoms with Crippen molar-refractivity contribution in [2.45, 2.75) is 26.3 Å². The summed E-state index contributed by atoms with van der Waals surface area (Å²) in [6.45, 7) is 2.98. The van der Waals surface area contributed by atoms with E-state index >= 15 is 0 Å². The van der Waals surface area contributed by atoms with Gasteiger partial charge < -0.3 is 10.1 Å². The van der Waals surface area contributed by atoms with Crippen LogP contribution < -0.4 is 5.32 Å². The van der Waals surface area contributed by atoms with E-state index in [2.05, 4.69) is 15.3 Å². The van der Waals surface area contributed by atoms with Gasteiger partial charge in [-0.05, 0) is 0 Å². The smallest absolute Gasteiger partial charge is 0.0912 e. The van der Waals surface area contributed by atoms with Crippen LogP contribution >= 0.6 is 0 Å². The molecule has 3 rings (SSSR count). The highest BCUT2D eigenvalue weighted by atomic mass is 16.5. The lowest BCUT2D eigenvalue weighted by Crippen LogP contribution is -2.00. The summed E-state index contributed by atoms with van der Waals surface area (Å²) in [4.78, 5) is 8.97. The van der Waals surface area contributed by atoms with Crippen LogP contribution in [0.25, 0.3) is 0 Å². The zero-order valence-corrected chi connectivity index (χ0v) is 6.63. The fourth-order valence-electron chi connectivity index (χ4n) is 1.64. The first kappa shape index (κ1) is 6.51. The van der Waals surface area contributed by atoms with E-state index in [1.165, 1.54) is 0 Å². The van der Waals surface area contributed by atoms with Crippen LogP contribution in [0.2, 0.25) is 0 Å². The summed E-state index contributed by atoms with van der Waals surface area (Å²) in [7, 11) is 0. The molecule has 4 nitrogen and oxygen atoms in total. The molecule has 0 radical (unpaired) electrons. The third-order valence-electron chi connectivity index (χ3n) is 2.27. The molecule has 0 bridgehead atoms. The molecule has 2 aliphatic rings. The minimum absolute atomic E-state index is 0.635. The van der Waals surface area contributed by atoms with Gasteiger partial charge in [-0.15, -0.1) is 0 Å². The molecule has 0 saturated carbocycles. The van der Waals surface area contributed by atoms with E-state index < -0.39 is 0 Å². The Bertz CT molecular complexity index is 277. The van der Waals surface area contributed by atoms with E-state index in [1.54, 1.807) is 0 Å². The molecular formula is C8H9N3O. The second-order valence-corrected chi connectivity index (χ2v) is 3.11. The van der Waals surface area contributed by atoms with Gasteiger partial charge in [-0.25, -0.2) is 0 Å². The van der Waals surface area contributed by atoms with Crippen molar-refractivity contribution in [2.75, 3.05) is 0 Å². The van der Waals surface area contributed by atoms with Crippen LogP contribution in [0.3, 0.4) is 0 Å². The van der Waals surface area contributed by atoms with E-state index in [1.807, 2.05) is 0 Å². The normalized spacial score (nSPS) is 19.3. The lowest BCUT2D eigenvalue weighted by atomic mass is 10.3. The van der Waals surface area contributed by atoms with Crippen molar-refractivity contribution >= 4 is 0 Å². The Morgan fingerprint density at radius 2 is 1.50 bits per heavy atom. The van der Waals surface area contributed by atoms with Gasteiger partial charge in [0.2, 0.25) is 0 Å². The highest BCUT2D eigenvalue weighted by Crippen LogP contribution is 2.19. The third-order valence-corrected chi connectivity index (χ3v) is 2.27. The standard InChI is InChI=1S/C8H9N3O/c1-5-6(2-9-1)11-8-4-12-3-7(8)10-5/h9H,1-4H2. The molecule has 12 heavy (non-hydrogen) atoms. The largest absolute Gasteiger partial charge is 0.369 e. The van der Waals surface area contributed by atoms with Gasteiger partial charge in [0.1, 0.15) is 0 Å². The lowest BCUT2D eigenvalue weighted by Gasteiger charge is -1.99. The predicted octanol–water partition coefficient (Wildman–Crippen LogP) is 0.110. The highest BCUT2D eigenvalue weighted by molar-refractivity contribution is 5.23. The minimum Gasteiger partial charge on any atom is -0.369 e. The molecule has 0 spiro atoms. The number of hydrogen-bond donors (Lipinski definition) is 1. The Balaban J connectivity index is 2.18. The Morgan fingerprint density at radius 1 is 0.917 bits per heavy atom. The van der Waals surface area contributed by atoms with Crippen LogP contribution in [0.4, 0.5) is 0 Å². The first-order valence-electron chi connectivity index (χ1n) is 4.09. The molecule has 4 heteroatoms. The van der Waals surface area contributed by atoms with Crippen molar-refractivity contribution in [3.63, 3.8) is 0 Å². The van der Waals surface area contributed by atoms with Gasteiger partial charge in [0.05, 0.1) is 36.0 Å². The Labute approximate surface area is 70.0 Å². The Hall–Kier alpha value is -1.00. The maximum absolute atomic E-state index is 5.25. The van der Waals surface area contributed by atoms with Gasteiger partial charge in [0.25, 0.3) is 0 Å². The molecule has 0 unspecified atom stereocenters. The van der Waals surface area contributed by atoms with Crippen LogP contribution in [-0.4, -0.2) is 9.97 Å². The molecule has 0 amide bonds.